The van der Waals surface area contributed by atoms with Crippen molar-refractivity contribution in [2.24, 2.45) is 0 Å². The van der Waals surface area contributed by atoms with Gasteiger partial charge in [-0.25, -0.2) is 0 Å². The Morgan fingerprint density at radius 2 is 0.957 bits per heavy atom. The third kappa shape index (κ3) is 3.78. The van der Waals surface area contributed by atoms with Crippen molar-refractivity contribution in [1.82, 2.24) is 9.97 Å². The zero-order chi connectivity index (χ0) is 15.4. The van der Waals surface area contributed by atoms with Gasteiger partial charge in [0.1, 0.15) is 22.5 Å². The molecule has 23 heavy (non-hydrogen) atoms. The molecule has 0 saturated heterocycles. The number of benzene rings is 2. The second-order valence-electron chi connectivity index (χ2n) is 4.70. The number of hydrogen-bond acceptors (Lipinski definition) is 4. The molecule has 4 rings (SSSR count). The van der Waals surface area contributed by atoms with Gasteiger partial charge in [0.15, 0.2) is 0 Å². The van der Waals surface area contributed by atoms with Crippen molar-refractivity contribution in [3.05, 3.63) is 73.1 Å². The Hall–Kier alpha value is -2.61. The molecule has 2 N–H and O–H groups in total. The Balaban J connectivity index is 0.000000160. The van der Waals surface area contributed by atoms with Crippen molar-refractivity contribution in [3.63, 3.8) is 0 Å². The van der Waals surface area contributed by atoms with Crippen LogP contribution in [0.5, 0.6) is 11.5 Å². The van der Waals surface area contributed by atoms with Crippen LogP contribution in [0.2, 0.25) is 0 Å². The minimum absolute atomic E-state index is 0. The quantitative estimate of drug-likeness (QED) is 0.487. The van der Waals surface area contributed by atoms with E-state index in [2.05, 4.69) is 9.97 Å². The summed E-state index contributed by atoms with van der Waals surface area (Å²) in [5.74, 6) is 0.478. The summed E-state index contributed by atoms with van der Waals surface area (Å²) in [4.78, 5) is 8.06. The molecule has 5 heteroatoms. The van der Waals surface area contributed by atoms with Gasteiger partial charge >= 0.3 is 17.4 Å². The Bertz CT molecular complexity index is 841. The van der Waals surface area contributed by atoms with Crippen molar-refractivity contribution < 1.29 is 10.2 Å². The summed E-state index contributed by atoms with van der Waals surface area (Å²) in [5, 5.41) is 20.5. The Morgan fingerprint density at radius 1 is 0.565 bits per heavy atom. The molecule has 0 bridgehead atoms. The molecule has 2 aromatic carbocycles. The van der Waals surface area contributed by atoms with Crippen LogP contribution < -0.4 is 0 Å². The number of rotatable bonds is 0. The third-order valence-electron chi connectivity index (χ3n) is 3.22. The summed E-state index contributed by atoms with van der Waals surface area (Å²) in [6.45, 7) is 0. The predicted octanol–water partition coefficient (Wildman–Crippen LogP) is 3.50. The monoisotopic (exact) mass is 317 g/mol. The molecule has 0 aliphatic rings. The second-order valence-corrected chi connectivity index (χ2v) is 4.70. The average molecular weight is 317 g/mol. The summed E-state index contributed by atoms with van der Waals surface area (Å²) in [5.41, 5.74) is 1.32. The number of para-hydroxylation sites is 2. The first-order valence-electron chi connectivity index (χ1n) is 6.81. The number of pyridine rings is 2. The molecule has 0 aliphatic carbocycles. The molecule has 4 aromatic rings. The van der Waals surface area contributed by atoms with E-state index in [4.69, 9.17) is 0 Å². The van der Waals surface area contributed by atoms with Crippen LogP contribution in [-0.2, 0) is 0 Å². The van der Waals surface area contributed by atoms with Crippen LogP contribution in [0.25, 0.3) is 21.8 Å². The van der Waals surface area contributed by atoms with Crippen molar-refractivity contribution >= 4 is 39.2 Å². The zero-order valence-electron chi connectivity index (χ0n) is 12.3. The van der Waals surface area contributed by atoms with E-state index in [1.807, 2.05) is 36.4 Å². The van der Waals surface area contributed by atoms with Crippen LogP contribution in [0.1, 0.15) is 0 Å². The molecule has 0 amide bonds. The van der Waals surface area contributed by atoms with Crippen LogP contribution in [0.15, 0.2) is 73.1 Å². The van der Waals surface area contributed by atoms with Gasteiger partial charge in [-0.1, -0.05) is 36.4 Å². The van der Waals surface area contributed by atoms with E-state index in [-0.39, 0.29) is 28.9 Å². The van der Waals surface area contributed by atoms with Crippen molar-refractivity contribution in [3.8, 4) is 11.5 Å². The number of hydrogen-bond donors (Lipinski definition) is 2. The summed E-state index contributed by atoms with van der Waals surface area (Å²) < 4.78 is 0. The van der Waals surface area contributed by atoms with E-state index in [0.29, 0.717) is 11.0 Å². The number of nitrogens with zero attached hydrogens (tertiary/aromatic N) is 2. The number of fused-ring (bicyclic) bond motifs is 2. The number of phenols is 2. The van der Waals surface area contributed by atoms with E-state index < -0.39 is 0 Å². The molecule has 108 valence electrons. The van der Waals surface area contributed by atoms with E-state index >= 15 is 0 Å². The summed E-state index contributed by atoms with van der Waals surface area (Å²) >= 11 is 0. The molecule has 0 unspecified atom stereocenters. The minimum Gasteiger partial charge on any atom is -0.506 e. The van der Waals surface area contributed by atoms with Crippen LogP contribution in [-0.4, -0.2) is 37.5 Å². The van der Waals surface area contributed by atoms with E-state index in [1.165, 1.54) is 0 Å². The molecule has 0 spiro atoms. The third-order valence-corrected chi connectivity index (χ3v) is 3.22. The second kappa shape index (κ2) is 7.59. The van der Waals surface area contributed by atoms with Gasteiger partial charge in [-0.3, -0.25) is 9.97 Å². The molecule has 0 atom stereocenters. The topological polar surface area (TPSA) is 66.2 Å². The molecule has 0 saturated carbocycles. The average Bonchev–Trinajstić information content (AvgIpc) is 2.57. The van der Waals surface area contributed by atoms with Gasteiger partial charge in [-0.2, -0.15) is 0 Å². The van der Waals surface area contributed by atoms with Gasteiger partial charge in [-0.05, 0) is 24.3 Å². The first kappa shape index (κ1) is 16.8. The maximum Gasteiger partial charge on any atom is 3.00 e. The molecular formula is C18H14AlN2O2+3. The smallest absolute Gasteiger partial charge is 0.506 e. The molecule has 2 aromatic heterocycles. The normalized spacial score (nSPS) is 9.74. The number of phenolic OH excluding ortho intramolecular Hbond substituents is 2. The van der Waals surface area contributed by atoms with Gasteiger partial charge in [0.25, 0.3) is 0 Å². The largest absolute Gasteiger partial charge is 3.00 e. The van der Waals surface area contributed by atoms with Gasteiger partial charge in [0, 0.05) is 23.2 Å². The minimum atomic E-state index is 0. The van der Waals surface area contributed by atoms with Crippen molar-refractivity contribution in [1.29, 1.82) is 0 Å². The van der Waals surface area contributed by atoms with Gasteiger partial charge < -0.3 is 10.2 Å². The first-order valence-corrected chi connectivity index (χ1v) is 6.81. The van der Waals surface area contributed by atoms with Gasteiger partial charge in [0.05, 0.1) is 0 Å². The SMILES string of the molecule is Oc1cccc2cccnc12.Oc1cccc2cccnc12.[Al+3]. The number of aromatic hydroxyl groups is 2. The van der Waals surface area contributed by atoms with E-state index in [1.54, 1.807) is 36.7 Å². The Morgan fingerprint density at radius 3 is 1.35 bits per heavy atom. The first-order chi connectivity index (χ1) is 10.8. The molecule has 0 radical (unpaired) electrons. The molecule has 0 aliphatic heterocycles. The van der Waals surface area contributed by atoms with Crippen LogP contribution in [0.3, 0.4) is 0 Å². The molecule has 4 nitrogen and oxygen atoms in total. The standard InChI is InChI=1S/2C9H7NO.Al/c2*11-8-5-1-3-7-4-2-6-10-9(7)8;/h2*1-6,11H;/q;;+3. The summed E-state index contributed by atoms with van der Waals surface area (Å²) in [6.07, 6.45) is 3.34. The van der Waals surface area contributed by atoms with Gasteiger partial charge in [0.2, 0.25) is 0 Å². The van der Waals surface area contributed by atoms with Gasteiger partial charge in [-0.15, -0.1) is 0 Å². The fraction of sp³-hybridized carbons (Fsp3) is 0. The molecule has 2 heterocycles. The van der Waals surface area contributed by atoms with Crippen LogP contribution in [0, 0.1) is 0 Å². The van der Waals surface area contributed by atoms with E-state index in [9.17, 15) is 10.2 Å². The maximum absolute atomic E-state index is 9.31. The van der Waals surface area contributed by atoms with Crippen molar-refractivity contribution in [2.75, 3.05) is 0 Å². The zero-order valence-corrected chi connectivity index (χ0v) is 13.4. The fourth-order valence-corrected chi connectivity index (χ4v) is 2.18. The molecule has 0 fully saturated rings. The molecular weight excluding hydrogens is 303 g/mol. The van der Waals surface area contributed by atoms with Crippen LogP contribution >= 0.6 is 0 Å². The number of aromatic nitrogens is 2. The fourth-order valence-electron chi connectivity index (χ4n) is 2.18. The summed E-state index contributed by atoms with van der Waals surface area (Å²) in [6, 6.07) is 18.3. The summed E-state index contributed by atoms with van der Waals surface area (Å²) in [7, 11) is 0. The predicted molar refractivity (Wildman–Crippen MR) is 92.6 cm³/mol. The van der Waals surface area contributed by atoms with Crippen molar-refractivity contribution in [2.45, 2.75) is 0 Å². The Kier molecular flexibility index (Phi) is 5.53. The van der Waals surface area contributed by atoms with E-state index in [0.717, 1.165) is 10.8 Å². The maximum atomic E-state index is 9.31. The Labute approximate surface area is 144 Å². The van der Waals surface area contributed by atoms with Crippen LogP contribution in [0.4, 0.5) is 0 Å².